The fraction of sp³-hybridized carbons (Fsp3) is 0.300. The molecule has 1 aromatic carbocycles. The zero-order chi connectivity index (χ0) is 9.26. The second kappa shape index (κ2) is 3.17. The van der Waals surface area contributed by atoms with E-state index in [2.05, 4.69) is 5.32 Å². The van der Waals surface area contributed by atoms with Crippen LogP contribution in [0, 0.1) is 0 Å². The first-order valence-corrected chi connectivity index (χ1v) is 4.26. The van der Waals surface area contributed by atoms with E-state index in [9.17, 15) is 9.18 Å². The zero-order valence-electron chi connectivity index (χ0n) is 7.03. The monoisotopic (exact) mass is 179 g/mol. The molecule has 2 nitrogen and oxygen atoms in total. The average Bonchev–Trinajstić information content (AvgIpc) is 2.49. The summed E-state index contributed by atoms with van der Waals surface area (Å²) < 4.78 is 13.3. The maximum Gasteiger partial charge on any atom is 0.255 e. The molecule has 0 aromatic heterocycles. The second-order valence-corrected chi connectivity index (χ2v) is 3.16. The average molecular weight is 179 g/mol. The predicted molar refractivity (Wildman–Crippen MR) is 47.1 cm³/mol. The van der Waals surface area contributed by atoms with Gasteiger partial charge in [-0.3, -0.25) is 4.79 Å². The summed E-state index contributed by atoms with van der Waals surface area (Å²) in [6.07, 6.45) is -1.39. The summed E-state index contributed by atoms with van der Waals surface area (Å²) in [5.41, 5.74) is 0.883. The van der Waals surface area contributed by atoms with E-state index < -0.39 is 12.1 Å². The highest BCUT2D eigenvalue weighted by Gasteiger charge is 2.35. The number of hydrogen-bond acceptors (Lipinski definition) is 1. The molecule has 0 aliphatic carbocycles. The lowest BCUT2D eigenvalue weighted by Crippen LogP contribution is -2.20. The highest BCUT2D eigenvalue weighted by molar-refractivity contribution is 5.84. The Morgan fingerprint density at radius 1 is 1.31 bits per heavy atom. The van der Waals surface area contributed by atoms with E-state index in [0.29, 0.717) is 6.54 Å². The number of alkyl halides is 1. The largest absolute Gasteiger partial charge is 0.353 e. The normalized spacial score (nSPS) is 27.3. The van der Waals surface area contributed by atoms with Crippen molar-refractivity contribution in [2.45, 2.75) is 12.1 Å². The standard InChI is InChI=1S/C10H10FNO/c11-9-8(6-12-10(9)13)7-4-2-1-3-5-7/h1-5,8-9H,6H2,(H,12,13)/t8-,9+/m1/s1. The zero-order valence-corrected chi connectivity index (χ0v) is 7.03. The van der Waals surface area contributed by atoms with Crippen LogP contribution in [0.25, 0.3) is 0 Å². The number of hydrogen-bond donors (Lipinski definition) is 1. The maximum absolute atomic E-state index is 13.3. The lowest BCUT2D eigenvalue weighted by Gasteiger charge is -2.09. The molecule has 1 fully saturated rings. The smallest absolute Gasteiger partial charge is 0.255 e. The van der Waals surface area contributed by atoms with Crippen LogP contribution in [0.15, 0.2) is 30.3 Å². The summed E-state index contributed by atoms with van der Waals surface area (Å²) in [6.45, 7) is 0.407. The molecule has 13 heavy (non-hydrogen) atoms. The highest BCUT2D eigenvalue weighted by Crippen LogP contribution is 2.25. The Kier molecular flexibility index (Phi) is 2.00. The first-order valence-electron chi connectivity index (χ1n) is 4.26. The van der Waals surface area contributed by atoms with Crippen molar-refractivity contribution in [3.8, 4) is 0 Å². The van der Waals surface area contributed by atoms with Crippen molar-refractivity contribution in [3.63, 3.8) is 0 Å². The van der Waals surface area contributed by atoms with Gasteiger partial charge in [-0.05, 0) is 5.56 Å². The molecule has 0 bridgehead atoms. The molecular formula is C10H10FNO. The van der Waals surface area contributed by atoms with Gasteiger partial charge in [0.15, 0.2) is 6.17 Å². The van der Waals surface area contributed by atoms with Gasteiger partial charge in [-0.15, -0.1) is 0 Å². The lowest BCUT2D eigenvalue weighted by molar-refractivity contribution is -0.123. The molecule has 2 rings (SSSR count). The lowest BCUT2D eigenvalue weighted by atomic mass is 9.97. The molecule has 1 aromatic rings. The first kappa shape index (κ1) is 8.23. The molecule has 0 saturated carbocycles. The van der Waals surface area contributed by atoms with E-state index in [0.717, 1.165) is 5.56 Å². The molecule has 1 N–H and O–H groups in total. The summed E-state index contributed by atoms with van der Waals surface area (Å²) in [4.78, 5) is 10.9. The summed E-state index contributed by atoms with van der Waals surface area (Å²) in [6, 6.07) is 9.27. The van der Waals surface area contributed by atoms with Gasteiger partial charge in [-0.1, -0.05) is 30.3 Å². The third-order valence-corrected chi connectivity index (χ3v) is 2.33. The van der Waals surface area contributed by atoms with Crippen molar-refractivity contribution in [2.75, 3.05) is 6.54 Å². The van der Waals surface area contributed by atoms with E-state index in [-0.39, 0.29) is 5.92 Å². The first-order chi connectivity index (χ1) is 6.29. The van der Waals surface area contributed by atoms with Crippen LogP contribution in [0.5, 0.6) is 0 Å². The minimum absolute atomic E-state index is 0.311. The Morgan fingerprint density at radius 2 is 2.00 bits per heavy atom. The van der Waals surface area contributed by atoms with E-state index >= 15 is 0 Å². The predicted octanol–water partition coefficient (Wildman–Crippen LogP) is 1.24. The third kappa shape index (κ3) is 1.41. The molecule has 1 aliphatic rings. The molecule has 0 unspecified atom stereocenters. The summed E-state index contributed by atoms with van der Waals surface area (Å²) in [5.74, 6) is -0.803. The molecule has 1 amide bonds. The van der Waals surface area contributed by atoms with Crippen molar-refractivity contribution in [2.24, 2.45) is 0 Å². The Morgan fingerprint density at radius 3 is 2.54 bits per heavy atom. The third-order valence-electron chi connectivity index (χ3n) is 2.33. The molecule has 1 saturated heterocycles. The molecule has 3 heteroatoms. The van der Waals surface area contributed by atoms with Crippen LogP contribution >= 0.6 is 0 Å². The van der Waals surface area contributed by atoms with E-state index in [4.69, 9.17) is 0 Å². The fourth-order valence-corrected chi connectivity index (χ4v) is 1.58. The minimum Gasteiger partial charge on any atom is -0.353 e. The van der Waals surface area contributed by atoms with Crippen LogP contribution in [0.2, 0.25) is 0 Å². The Hall–Kier alpha value is -1.38. The van der Waals surface area contributed by atoms with Gasteiger partial charge >= 0.3 is 0 Å². The van der Waals surface area contributed by atoms with Gasteiger partial charge in [0.2, 0.25) is 0 Å². The summed E-state index contributed by atoms with van der Waals surface area (Å²) >= 11 is 0. The summed E-state index contributed by atoms with van der Waals surface area (Å²) in [5, 5.41) is 2.50. The van der Waals surface area contributed by atoms with Gasteiger partial charge in [0, 0.05) is 12.5 Å². The van der Waals surface area contributed by atoms with Crippen LogP contribution in [0.3, 0.4) is 0 Å². The van der Waals surface area contributed by atoms with Crippen LogP contribution in [0.1, 0.15) is 11.5 Å². The number of nitrogens with one attached hydrogen (secondary N) is 1. The van der Waals surface area contributed by atoms with Crippen molar-refractivity contribution in [1.82, 2.24) is 5.32 Å². The van der Waals surface area contributed by atoms with Gasteiger partial charge in [0.25, 0.3) is 5.91 Å². The number of carbonyl (C=O) groups excluding carboxylic acids is 1. The number of halogens is 1. The minimum atomic E-state index is -1.39. The maximum atomic E-state index is 13.3. The Labute approximate surface area is 75.8 Å². The molecule has 0 spiro atoms. The molecule has 1 heterocycles. The quantitative estimate of drug-likeness (QED) is 0.690. The van der Waals surface area contributed by atoms with Crippen LogP contribution in [-0.2, 0) is 4.79 Å². The number of benzene rings is 1. The molecular weight excluding hydrogens is 169 g/mol. The molecule has 1 aliphatic heterocycles. The van der Waals surface area contributed by atoms with Crippen LogP contribution < -0.4 is 5.32 Å². The van der Waals surface area contributed by atoms with Gasteiger partial charge in [-0.2, -0.15) is 0 Å². The second-order valence-electron chi connectivity index (χ2n) is 3.16. The molecule has 0 radical (unpaired) electrons. The Bertz CT molecular complexity index is 312. The SMILES string of the molecule is O=C1NC[C@H](c2ccccc2)[C@@H]1F. The van der Waals surface area contributed by atoms with Crippen LogP contribution in [-0.4, -0.2) is 18.6 Å². The topological polar surface area (TPSA) is 29.1 Å². The number of carbonyl (C=O) groups is 1. The van der Waals surface area contributed by atoms with Crippen molar-refractivity contribution >= 4 is 5.91 Å². The van der Waals surface area contributed by atoms with Gasteiger partial charge < -0.3 is 5.32 Å². The van der Waals surface area contributed by atoms with Crippen molar-refractivity contribution < 1.29 is 9.18 Å². The number of amides is 1. The van der Waals surface area contributed by atoms with Crippen LogP contribution in [0.4, 0.5) is 4.39 Å². The van der Waals surface area contributed by atoms with Crippen molar-refractivity contribution in [3.05, 3.63) is 35.9 Å². The van der Waals surface area contributed by atoms with E-state index in [1.54, 1.807) is 0 Å². The van der Waals surface area contributed by atoms with Gasteiger partial charge in [0.05, 0.1) is 0 Å². The van der Waals surface area contributed by atoms with Gasteiger partial charge in [-0.25, -0.2) is 4.39 Å². The molecule has 2 atom stereocenters. The van der Waals surface area contributed by atoms with Crippen molar-refractivity contribution in [1.29, 1.82) is 0 Å². The highest BCUT2D eigenvalue weighted by atomic mass is 19.1. The molecule has 68 valence electrons. The van der Waals surface area contributed by atoms with E-state index in [1.807, 2.05) is 30.3 Å². The summed E-state index contributed by atoms with van der Waals surface area (Å²) in [7, 11) is 0. The van der Waals surface area contributed by atoms with E-state index in [1.165, 1.54) is 0 Å². The van der Waals surface area contributed by atoms with Gasteiger partial charge in [0.1, 0.15) is 0 Å². The Balaban J connectivity index is 2.24. The fourth-order valence-electron chi connectivity index (χ4n) is 1.58. The number of rotatable bonds is 1.